The predicted molar refractivity (Wildman–Crippen MR) is 225 cm³/mol. The van der Waals surface area contributed by atoms with Gasteiger partial charge in [0.25, 0.3) is 23.6 Å². The maximum atomic E-state index is 14.9. The van der Waals surface area contributed by atoms with E-state index in [9.17, 15) is 49.9 Å². The average molecular weight is 973 g/mol. The lowest BCUT2D eigenvalue weighted by Gasteiger charge is -2.17. The van der Waals surface area contributed by atoms with Gasteiger partial charge in [-0.2, -0.15) is 0 Å². The van der Waals surface area contributed by atoms with Gasteiger partial charge in [0, 0.05) is 35.9 Å². The zero-order valence-corrected chi connectivity index (χ0v) is 36.2. The van der Waals surface area contributed by atoms with Gasteiger partial charge in [0.15, 0.2) is 46.1 Å². The van der Waals surface area contributed by atoms with E-state index in [2.05, 4.69) is 40.0 Å². The van der Waals surface area contributed by atoms with Crippen molar-refractivity contribution in [3.63, 3.8) is 0 Å². The molecule has 26 heteroatoms. The minimum absolute atomic E-state index is 0.0243. The van der Waals surface area contributed by atoms with Gasteiger partial charge in [0.1, 0.15) is 34.0 Å². The number of amides is 4. The first kappa shape index (κ1) is 51.0. The summed E-state index contributed by atoms with van der Waals surface area (Å²) in [5, 5.41) is 4.99. The van der Waals surface area contributed by atoms with Crippen LogP contribution < -0.4 is 55.3 Å². The molecule has 362 valence electrons. The fraction of sp³-hybridized carbons (Fsp3) is 0.163. The third kappa shape index (κ3) is 13.6. The minimum atomic E-state index is -4.93. The Morgan fingerprint density at radius 3 is 1.36 bits per heavy atom. The van der Waals surface area contributed by atoms with Crippen LogP contribution in [0.1, 0.15) is 53.1 Å². The number of halogens is 7. The summed E-state index contributed by atoms with van der Waals surface area (Å²) in [6.07, 6.45) is -5.01. The fourth-order valence-electron chi connectivity index (χ4n) is 5.74. The molecular formula is C43H35F7N8O11. The minimum Gasteiger partial charge on any atom is -0.494 e. The second kappa shape index (κ2) is 21.6. The Hall–Kier alpha value is -8.97. The number of aromatic nitrogens is 4. The Labute approximate surface area is 384 Å². The van der Waals surface area contributed by atoms with Crippen LogP contribution in [0.3, 0.4) is 0 Å². The lowest BCUT2D eigenvalue weighted by atomic mass is 10.1. The van der Waals surface area contributed by atoms with E-state index in [1.165, 1.54) is 77.2 Å². The van der Waals surface area contributed by atoms with E-state index in [0.29, 0.717) is 5.69 Å². The quantitative estimate of drug-likeness (QED) is 0.0715. The van der Waals surface area contributed by atoms with Gasteiger partial charge in [-0.05, 0) is 62.4 Å². The van der Waals surface area contributed by atoms with E-state index in [1.54, 1.807) is 6.92 Å². The Balaban J connectivity index is 0.000000258. The number of hydrogen-bond acceptors (Lipinski definition) is 15. The number of rotatable bonds is 15. The Bertz CT molecular complexity index is 2900. The van der Waals surface area contributed by atoms with Gasteiger partial charge in [0.05, 0.1) is 45.1 Å². The maximum Gasteiger partial charge on any atom is 0.573 e. The topological polar surface area (TPSA) is 261 Å². The number of nitrogens with two attached hydrogens (primary N) is 2. The van der Waals surface area contributed by atoms with Crippen molar-refractivity contribution in [2.24, 2.45) is 11.5 Å². The SMILES string of the molecule is COc1cc(OC(F)(F)F)ccc1Oc1cnc(C)c(F)c1C(=O)Nc1ccnc(C(N)=O)c1.COc1cc(OC(F)(F)F)ccc1Oc1cnc(C)c(OC)c1C(=O)Nc1ccnc(C(N)=O)c1. The van der Waals surface area contributed by atoms with Crippen LogP contribution in [0.25, 0.3) is 0 Å². The number of carbonyl (C=O) groups excluding carboxylic acids is 4. The van der Waals surface area contributed by atoms with Crippen LogP contribution >= 0.6 is 0 Å². The van der Waals surface area contributed by atoms with Gasteiger partial charge < -0.3 is 55.3 Å². The molecule has 0 aliphatic heterocycles. The van der Waals surface area contributed by atoms with E-state index >= 15 is 0 Å². The molecule has 0 atom stereocenters. The zero-order valence-electron chi connectivity index (χ0n) is 36.2. The number of carbonyl (C=O) groups is 4. The monoisotopic (exact) mass is 972 g/mol. The molecule has 6 rings (SSSR count). The smallest absolute Gasteiger partial charge is 0.494 e. The standard InChI is InChI=1S/C22H19F3N4O6.C21H16F4N4O5/c1-11-19(33-3)18(21(31)29-12-6-7-27-14(8-12)20(26)30)17(10-28-11)34-15-5-4-13(9-16(15)32-2)35-22(23,24)25;1-10-18(22)17(20(31)29-11-5-6-27-13(7-11)19(26)30)16(9-28-10)33-14-4-3-12(8-15(14)32-2)34-21(23,24)25/h4-10H,1-3H3,(H2,26,30)(H,27,29,31);3-9H,1-2H3,(H2,26,30)(H,27,29,31). The predicted octanol–water partition coefficient (Wildman–Crippen LogP) is 7.82. The van der Waals surface area contributed by atoms with Gasteiger partial charge in [0.2, 0.25) is 0 Å². The normalized spacial score (nSPS) is 11.0. The largest absolute Gasteiger partial charge is 0.573 e. The van der Waals surface area contributed by atoms with E-state index in [4.69, 9.17) is 35.2 Å². The summed E-state index contributed by atoms with van der Waals surface area (Å²) in [6, 6.07) is 11.4. The summed E-state index contributed by atoms with van der Waals surface area (Å²) in [4.78, 5) is 64.3. The molecule has 4 amide bonds. The number of primary amides is 2. The second-order valence-electron chi connectivity index (χ2n) is 13.4. The van der Waals surface area contributed by atoms with Gasteiger partial charge >= 0.3 is 12.7 Å². The molecule has 6 aromatic rings. The average Bonchev–Trinajstić information content (AvgIpc) is 3.28. The number of pyridine rings is 4. The van der Waals surface area contributed by atoms with Crippen LogP contribution in [0, 0.1) is 19.7 Å². The zero-order chi connectivity index (χ0) is 50.8. The highest BCUT2D eigenvalue weighted by atomic mass is 19.4. The van der Waals surface area contributed by atoms with E-state index < -0.39 is 59.2 Å². The molecule has 69 heavy (non-hydrogen) atoms. The first-order valence-corrected chi connectivity index (χ1v) is 19.1. The molecule has 4 aromatic heterocycles. The fourth-order valence-corrected chi connectivity index (χ4v) is 5.74. The van der Waals surface area contributed by atoms with Crippen LogP contribution in [-0.4, -0.2) is 77.6 Å². The van der Waals surface area contributed by atoms with Gasteiger partial charge in [-0.15, -0.1) is 26.3 Å². The van der Waals surface area contributed by atoms with Crippen LogP contribution in [-0.2, 0) is 0 Å². The molecule has 6 N–H and O–H groups in total. The number of anilines is 2. The van der Waals surface area contributed by atoms with Crippen molar-refractivity contribution >= 4 is 35.0 Å². The number of ether oxygens (including phenoxy) is 7. The number of hydrogen-bond donors (Lipinski definition) is 4. The Kier molecular flexibility index (Phi) is 15.9. The third-order valence-electron chi connectivity index (χ3n) is 8.71. The number of methoxy groups -OCH3 is 3. The molecule has 0 saturated carbocycles. The molecule has 0 aliphatic carbocycles. The molecule has 0 saturated heterocycles. The highest BCUT2D eigenvalue weighted by Crippen LogP contribution is 2.41. The van der Waals surface area contributed by atoms with Crippen LogP contribution in [0.4, 0.5) is 42.1 Å². The summed E-state index contributed by atoms with van der Waals surface area (Å²) in [5.41, 5.74) is 10.1. The number of aryl methyl sites for hydroxylation is 2. The number of alkyl halides is 6. The Morgan fingerprint density at radius 2 is 0.957 bits per heavy atom. The third-order valence-corrected chi connectivity index (χ3v) is 8.71. The number of benzene rings is 2. The van der Waals surface area contributed by atoms with Gasteiger partial charge in [-0.25, -0.2) is 4.39 Å². The molecule has 0 radical (unpaired) electrons. The molecular weight excluding hydrogens is 938 g/mol. The Morgan fingerprint density at radius 1 is 0.536 bits per heavy atom. The van der Waals surface area contributed by atoms with Crippen molar-refractivity contribution in [3.05, 3.63) is 125 Å². The first-order valence-electron chi connectivity index (χ1n) is 19.1. The number of nitrogens with one attached hydrogen (secondary N) is 2. The number of nitrogens with zero attached hydrogens (tertiary/aromatic N) is 4. The molecule has 2 aromatic carbocycles. The highest BCUT2D eigenvalue weighted by Gasteiger charge is 2.33. The van der Waals surface area contributed by atoms with Crippen LogP contribution in [0.5, 0.6) is 51.7 Å². The van der Waals surface area contributed by atoms with E-state index in [1.807, 2.05) is 0 Å². The summed E-state index contributed by atoms with van der Waals surface area (Å²) in [7, 11) is 3.72. The molecule has 0 aliphatic rings. The van der Waals surface area contributed by atoms with Crippen molar-refractivity contribution in [1.29, 1.82) is 0 Å². The first-order chi connectivity index (χ1) is 32.5. The summed E-state index contributed by atoms with van der Waals surface area (Å²) >= 11 is 0. The van der Waals surface area contributed by atoms with Crippen molar-refractivity contribution < 1.29 is 83.1 Å². The van der Waals surface area contributed by atoms with E-state index in [-0.39, 0.29) is 74.3 Å². The van der Waals surface area contributed by atoms with Crippen molar-refractivity contribution in [2.75, 3.05) is 32.0 Å². The van der Waals surface area contributed by atoms with Crippen molar-refractivity contribution in [1.82, 2.24) is 19.9 Å². The lowest BCUT2D eigenvalue weighted by Crippen LogP contribution is -2.18. The van der Waals surface area contributed by atoms with Gasteiger partial charge in [-0.1, -0.05) is 0 Å². The summed E-state index contributed by atoms with van der Waals surface area (Å²) in [5.74, 6) is -6.20. The molecule has 0 unspecified atom stereocenters. The van der Waals surface area contributed by atoms with E-state index in [0.717, 1.165) is 36.5 Å². The van der Waals surface area contributed by atoms with Crippen molar-refractivity contribution in [2.45, 2.75) is 26.6 Å². The van der Waals surface area contributed by atoms with Crippen LogP contribution in [0.2, 0.25) is 0 Å². The molecule has 0 fully saturated rings. The van der Waals surface area contributed by atoms with Crippen molar-refractivity contribution in [3.8, 4) is 51.7 Å². The van der Waals surface area contributed by atoms with Crippen LogP contribution in [0.15, 0.2) is 85.5 Å². The molecule has 4 heterocycles. The maximum absolute atomic E-state index is 14.9. The summed E-state index contributed by atoms with van der Waals surface area (Å²) in [6.45, 7) is 2.91. The molecule has 0 spiro atoms. The lowest BCUT2D eigenvalue weighted by molar-refractivity contribution is -0.275. The molecule has 19 nitrogen and oxygen atoms in total. The molecule has 0 bridgehead atoms. The second-order valence-corrected chi connectivity index (χ2v) is 13.4. The highest BCUT2D eigenvalue weighted by molar-refractivity contribution is 6.09. The summed E-state index contributed by atoms with van der Waals surface area (Å²) < 4.78 is 124. The van der Waals surface area contributed by atoms with Gasteiger partial charge in [-0.3, -0.25) is 39.1 Å².